The van der Waals surface area contributed by atoms with Crippen molar-refractivity contribution in [2.45, 2.75) is 103 Å². The van der Waals surface area contributed by atoms with Gasteiger partial charge in [0, 0.05) is 11.4 Å². The molecule has 0 saturated carbocycles. The molecule has 1 aromatic rings. The summed E-state index contributed by atoms with van der Waals surface area (Å²) in [6.45, 7) is 2.98. The maximum absolute atomic E-state index is 11.7. The fraction of sp³-hybridized carbons (Fsp3) is 0.692. The highest BCUT2D eigenvalue weighted by atomic mass is 35.5. The Kier molecular flexibility index (Phi) is 17.0. The Morgan fingerprint density at radius 1 is 0.742 bits per heavy atom. The minimum Gasteiger partial charge on any atom is -0.466 e. The molecule has 0 unspecified atom stereocenters. The molecule has 0 saturated heterocycles. The highest BCUT2D eigenvalue weighted by Crippen LogP contribution is 2.13. The van der Waals surface area contributed by atoms with Crippen LogP contribution in [0, 0.1) is 0 Å². The van der Waals surface area contributed by atoms with Gasteiger partial charge in [0.25, 0.3) is 0 Å². The Balaban J connectivity index is 1.87. The van der Waals surface area contributed by atoms with Crippen LogP contribution >= 0.6 is 11.6 Å². The van der Waals surface area contributed by atoms with Gasteiger partial charge in [-0.15, -0.1) is 0 Å². The van der Waals surface area contributed by atoms with Crippen LogP contribution in [0.4, 0.5) is 0 Å². The topological polar surface area (TPSA) is 52.6 Å². The lowest BCUT2D eigenvalue weighted by molar-refractivity contribution is -0.150. The summed E-state index contributed by atoms with van der Waals surface area (Å²) in [5.41, 5.74) is 1.02. The summed E-state index contributed by atoms with van der Waals surface area (Å²) in [5.74, 6) is -0.695. The quantitative estimate of drug-likeness (QED) is 0.161. The van der Waals surface area contributed by atoms with Gasteiger partial charge in [-0.25, -0.2) is 0 Å². The monoisotopic (exact) mass is 452 g/mol. The molecule has 1 rings (SSSR count). The van der Waals surface area contributed by atoms with Gasteiger partial charge in [0.2, 0.25) is 0 Å². The number of benzene rings is 1. The van der Waals surface area contributed by atoms with Gasteiger partial charge in [-0.3, -0.25) is 9.59 Å². The Morgan fingerprint density at radius 2 is 1.26 bits per heavy atom. The normalized spacial score (nSPS) is 10.8. The predicted octanol–water partition coefficient (Wildman–Crippen LogP) is 7.45. The molecule has 176 valence electrons. The minimum absolute atomic E-state index is 0.0623. The summed E-state index contributed by atoms with van der Waals surface area (Å²) in [6.07, 6.45) is 16.1. The first kappa shape index (κ1) is 27.5. The minimum atomic E-state index is -0.371. The second-order valence-corrected chi connectivity index (χ2v) is 8.65. The highest BCUT2D eigenvalue weighted by molar-refractivity contribution is 6.30. The van der Waals surface area contributed by atoms with Crippen molar-refractivity contribution in [3.05, 3.63) is 34.9 Å². The molecule has 0 aromatic heterocycles. The molecule has 0 aliphatic carbocycles. The van der Waals surface area contributed by atoms with Gasteiger partial charge in [-0.05, 0) is 24.1 Å². The first-order valence-corrected chi connectivity index (χ1v) is 12.5. The van der Waals surface area contributed by atoms with Crippen LogP contribution in [0.25, 0.3) is 0 Å². The zero-order chi connectivity index (χ0) is 22.6. The lowest BCUT2D eigenvalue weighted by Crippen LogP contribution is -2.12. The molecule has 0 amide bonds. The van der Waals surface area contributed by atoms with Gasteiger partial charge >= 0.3 is 11.9 Å². The molecular weight excluding hydrogens is 412 g/mol. The van der Waals surface area contributed by atoms with Crippen molar-refractivity contribution in [1.29, 1.82) is 0 Å². The van der Waals surface area contributed by atoms with E-state index in [1.54, 1.807) is 6.07 Å². The van der Waals surface area contributed by atoms with Crippen LogP contribution < -0.4 is 0 Å². The van der Waals surface area contributed by atoms with Crippen molar-refractivity contribution in [1.82, 2.24) is 0 Å². The largest absolute Gasteiger partial charge is 0.466 e. The fourth-order valence-corrected chi connectivity index (χ4v) is 3.67. The molecule has 0 radical (unpaired) electrons. The molecule has 0 bridgehead atoms. The Morgan fingerprint density at radius 3 is 1.81 bits per heavy atom. The van der Waals surface area contributed by atoms with E-state index in [0.717, 1.165) is 18.4 Å². The molecule has 5 heteroatoms. The Hall–Kier alpha value is -1.55. The van der Waals surface area contributed by atoms with E-state index >= 15 is 0 Å². The number of carbonyl (C=O) groups excluding carboxylic acids is 2. The number of rotatable bonds is 19. The van der Waals surface area contributed by atoms with Crippen molar-refractivity contribution >= 4 is 23.5 Å². The van der Waals surface area contributed by atoms with E-state index in [0.29, 0.717) is 18.1 Å². The van der Waals surface area contributed by atoms with Gasteiger partial charge in [0.15, 0.2) is 0 Å². The predicted molar refractivity (Wildman–Crippen MR) is 127 cm³/mol. The fourth-order valence-electron chi connectivity index (χ4n) is 3.45. The van der Waals surface area contributed by atoms with E-state index in [4.69, 9.17) is 21.1 Å². The maximum atomic E-state index is 11.7. The SMILES string of the molecule is CCCCCCCCCCCCCCOC(=O)CCC(=O)OCCc1cccc(Cl)c1. The third-order valence-electron chi connectivity index (χ3n) is 5.34. The summed E-state index contributed by atoms with van der Waals surface area (Å²) in [5, 5.41) is 0.666. The number of halogens is 1. The molecule has 0 N–H and O–H groups in total. The number of carbonyl (C=O) groups is 2. The lowest BCUT2D eigenvalue weighted by Gasteiger charge is -2.07. The van der Waals surface area contributed by atoms with Crippen molar-refractivity contribution in [2.24, 2.45) is 0 Å². The molecule has 1 aromatic carbocycles. The van der Waals surface area contributed by atoms with Crippen molar-refractivity contribution in [2.75, 3.05) is 13.2 Å². The van der Waals surface area contributed by atoms with Crippen LogP contribution in [0.2, 0.25) is 5.02 Å². The second kappa shape index (κ2) is 19.2. The van der Waals surface area contributed by atoms with E-state index in [1.165, 1.54) is 64.2 Å². The van der Waals surface area contributed by atoms with E-state index in [2.05, 4.69) is 6.92 Å². The number of ether oxygens (including phenoxy) is 2. The summed E-state index contributed by atoms with van der Waals surface area (Å²) >= 11 is 5.92. The van der Waals surface area contributed by atoms with Crippen LogP contribution in [0.1, 0.15) is 102 Å². The van der Waals surface area contributed by atoms with E-state index < -0.39 is 0 Å². The standard InChI is InChI=1S/C26H41ClO4/c1-2-3-4-5-6-7-8-9-10-11-12-13-20-30-25(28)17-18-26(29)31-21-19-23-15-14-16-24(27)22-23/h14-16,22H,2-13,17-21H2,1H3. The zero-order valence-electron chi connectivity index (χ0n) is 19.3. The van der Waals surface area contributed by atoms with Crippen LogP contribution in [0.15, 0.2) is 24.3 Å². The van der Waals surface area contributed by atoms with E-state index in [1.807, 2.05) is 18.2 Å². The van der Waals surface area contributed by atoms with Crippen LogP contribution in [0.5, 0.6) is 0 Å². The van der Waals surface area contributed by atoms with Gasteiger partial charge < -0.3 is 9.47 Å². The highest BCUT2D eigenvalue weighted by Gasteiger charge is 2.09. The molecule has 0 aliphatic heterocycles. The van der Waals surface area contributed by atoms with Crippen molar-refractivity contribution in [3.8, 4) is 0 Å². The van der Waals surface area contributed by atoms with Gasteiger partial charge in [-0.2, -0.15) is 0 Å². The molecule has 0 fully saturated rings. The molecule has 0 spiro atoms. The van der Waals surface area contributed by atoms with Crippen molar-refractivity contribution < 1.29 is 19.1 Å². The molecular formula is C26H41ClO4. The Labute approximate surface area is 194 Å². The van der Waals surface area contributed by atoms with Gasteiger partial charge in [0.1, 0.15) is 0 Å². The lowest BCUT2D eigenvalue weighted by atomic mass is 10.1. The smallest absolute Gasteiger partial charge is 0.306 e. The number of hydrogen-bond acceptors (Lipinski definition) is 4. The van der Waals surface area contributed by atoms with E-state index in [9.17, 15) is 9.59 Å². The zero-order valence-corrected chi connectivity index (χ0v) is 20.1. The summed E-state index contributed by atoms with van der Waals surface area (Å²) in [6, 6.07) is 7.46. The second-order valence-electron chi connectivity index (χ2n) is 8.21. The average Bonchev–Trinajstić information content (AvgIpc) is 2.75. The molecule has 31 heavy (non-hydrogen) atoms. The average molecular weight is 453 g/mol. The van der Waals surface area contributed by atoms with Gasteiger partial charge in [0.05, 0.1) is 26.1 Å². The van der Waals surface area contributed by atoms with Crippen LogP contribution in [0.3, 0.4) is 0 Å². The summed E-state index contributed by atoms with van der Waals surface area (Å²) in [4.78, 5) is 23.5. The molecule has 4 nitrogen and oxygen atoms in total. The first-order valence-electron chi connectivity index (χ1n) is 12.2. The molecule has 0 heterocycles. The van der Waals surface area contributed by atoms with E-state index in [-0.39, 0.29) is 31.4 Å². The van der Waals surface area contributed by atoms with Gasteiger partial charge in [-0.1, -0.05) is 101 Å². The number of hydrogen-bond donors (Lipinski definition) is 0. The third-order valence-corrected chi connectivity index (χ3v) is 5.57. The molecule has 0 atom stereocenters. The van der Waals surface area contributed by atoms with Crippen LogP contribution in [-0.4, -0.2) is 25.2 Å². The number of esters is 2. The van der Waals surface area contributed by atoms with Crippen LogP contribution in [-0.2, 0) is 25.5 Å². The molecule has 0 aliphatic rings. The summed E-state index contributed by atoms with van der Waals surface area (Å²) < 4.78 is 10.4. The third kappa shape index (κ3) is 16.8. The summed E-state index contributed by atoms with van der Waals surface area (Å²) in [7, 11) is 0. The maximum Gasteiger partial charge on any atom is 0.306 e. The Bertz CT molecular complexity index is 603. The van der Waals surface area contributed by atoms with Crippen molar-refractivity contribution in [3.63, 3.8) is 0 Å². The first-order chi connectivity index (χ1) is 15.1. The number of unbranched alkanes of at least 4 members (excludes halogenated alkanes) is 11.